The molecule has 178 valence electrons. The minimum Gasteiger partial charge on any atom is -0.481 e. The first-order valence-corrected chi connectivity index (χ1v) is 11.9. The molecule has 0 aliphatic heterocycles. The zero-order chi connectivity index (χ0) is 24.1. The number of carbonyl (C=O) groups is 1. The topological polar surface area (TPSA) is 101 Å². The van der Waals surface area contributed by atoms with Crippen LogP contribution < -0.4 is 10.6 Å². The summed E-state index contributed by atoms with van der Waals surface area (Å²) >= 11 is 0. The molecule has 3 N–H and O–H groups in total. The molecule has 0 spiro atoms. The number of fused-ring (bicyclic) bond motifs is 1. The van der Waals surface area contributed by atoms with Crippen LogP contribution in [0.4, 0.5) is 0 Å². The van der Waals surface area contributed by atoms with Gasteiger partial charge in [0, 0.05) is 12.1 Å². The summed E-state index contributed by atoms with van der Waals surface area (Å²) < 4.78 is 0. The first-order chi connectivity index (χ1) is 16.4. The third-order valence-corrected chi connectivity index (χ3v) is 7.07. The van der Waals surface area contributed by atoms with Gasteiger partial charge >= 0.3 is 5.97 Å². The lowest BCUT2D eigenvalue weighted by Gasteiger charge is -2.35. The van der Waals surface area contributed by atoms with Crippen LogP contribution >= 0.6 is 0 Å². The molecule has 2 aromatic carbocycles. The number of nitriles is 1. The molecule has 34 heavy (non-hydrogen) atoms. The van der Waals surface area contributed by atoms with Crippen molar-refractivity contribution in [3.63, 3.8) is 0 Å². The van der Waals surface area contributed by atoms with E-state index in [1.807, 2.05) is 30.5 Å². The Morgan fingerprint density at radius 1 is 1.18 bits per heavy atom. The van der Waals surface area contributed by atoms with Gasteiger partial charge in [-0.2, -0.15) is 5.26 Å². The maximum Gasteiger partial charge on any atom is 0.307 e. The Kier molecular flexibility index (Phi) is 7.18. The number of carboxylic acids is 1. The van der Waals surface area contributed by atoms with Gasteiger partial charge in [-0.3, -0.25) is 4.79 Å². The molecule has 1 fully saturated rings. The van der Waals surface area contributed by atoms with Gasteiger partial charge in [0.15, 0.2) is 0 Å². The average Bonchev–Trinajstić information content (AvgIpc) is 3.58. The second-order valence-electron chi connectivity index (χ2n) is 9.76. The van der Waals surface area contributed by atoms with Gasteiger partial charge in [-0.25, -0.2) is 0 Å². The number of rotatable bonds is 8. The molecule has 2 aliphatic rings. The maximum absolute atomic E-state index is 11.0. The summed E-state index contributed by atoms with van der Waals surface area (Å²) in [6.45, 7) is 0. The average molecular weight is 460 g/mol. The summed E-state index contributed by atoms with van der Waals surface area (Å²) in [5.41, 5.74) is 4.59. The molecule has 2 aromatic rings. The predicted octanol–water partition coefficient (Wildman–Crippen LogP) is 2.89. The molecule has 7 heteroatoms. The first kappa shape index (κ1) is 23.8. The summed E-state index contributed by atoms with van der Waals surface area (Å²) in [5.74, 6) is -0.258. The number of aryl methyl sites for hydroxylation is 1. The van der Waals surface area contributed by atoms with Gasteiger partial charge in [0.25, 0.3) is 0 Å². The lowest BCUT2D eigenvalue weighted by Crippen LogP contribution is -2.57. The summed E-state index contributed by atoms with van der Waals surface area (Å²) in [4.78, 5) is 17.3. The highest BCUT2D eigenvalue weighted by Gasteiger charge is 2.51. The minimum absolute atomic E-state index is 0.0359. The molecular weight excluding hydrogens is 426 g/mol. The van der Waals surface area contributed by atoms with Crippen LogP contribution in [0.2, 0.25) is 0 Å². The number of nitrogens with zero attached hydrogens (tertiary/aromatic N) is 3. The summed E-state index contributed by atoms with van der Waals surface area (Å²) in [5, 5.41) is 25.5. The van der Waals surface area contributed by atoms with Crippen molar-refractivity contribution in [1.29, 1.82) is 5.26 Å². The Morgan fingerprint density at radius 3 is 2.47 bits per heavy atom. The van der Waals surface area contributed by atoms with E-state index in [0.29, 0.717) is 5.96 Å². The van der Waals surface area contributed by atoms with Crippen LogP contribution in [0.25, 0.3) is 0 Å². The van der Waals surface area contributed by atoms with Crippen LogP contribution in [0.15, 0.2) is 53.5 Å². The van der Waals surface area contributed by atoms with Crippen LogP contribution in [0.3, 0.4) is 0 Å². The molecule has 2 atom stereocenters. The zero-order valence-electron chi connectivity index (χ0n) is 19.9. The number of nitrogens with one attached hydrogen (secondary N) is 2. The van der Waals surface area contributed by atoms with E-state index in [0.717, 1.165) is 49.7 Å². The molecule has 4 rings (SSSR count). The fourth-order valence-electron chi connectivity index (χ4n) is 5.14. The van der Waals surface area contributed by atoms with Crippen LogP contribution in [-0.2, 0) is 30.5 Å². The number of benzene rings is 2. The van der Waals surface area contributed by atoms with E-state index in [4.69, 9.17) is 5.11 Å². The number of aliphatic carboxylic acids is 1. The number of hydrogen-bond acceptors (Lipinski definition) is 4. The molecular formula is C27H33N5O2. The van der Waals surface area contributed by atoms with Crippen molar-refractivity contribution in [2.24, 2.45) is 4.99 Å². The van der Waals surface area contributed by atoms with E-state index in [9.17, 15) is 10.1 Å². The summed E-state index contributed by atoms with van der Waals surface area (Å²) in [6, 6.07) is 16.8. The second-order valence-corrected chi connectivity index (χ2v) is 9.76. The molecule has 7 nitrogen and oxygen atoms in total. The summed E-state index contributed by atoms with van der Waals surface area (Å²) in [6.07, 6.45) is 7.80. The highest BCUT2D eigenvalue weighted by atomic mass is 16.4. The number of carboxylic acid groups (broad SMARTS) is 1. The Morgan fingerprint density at radius 2 is 1.85 bits per heavy atom. The predicted molar refractivity (Wildman–Crippen MR) is 133 cm³/mol. The quantitative estimate of drug-likeness (QED) is 0.319. The van der Waals surface area contributed by atoms with Crippen molar-refractivity contribution in [2.75, 3.05) is 14.1 Å². The van der Waals surface area contributed by atoms with Crippen LogP contribution in [0, 0.1) is 11.5 Å². The molecule has 0 bridgehead atoms. The van der Waals surface area contributed by atoms with Crippen molar-refractivity contribution in [3.8, 4) is 6.19 Å². The first-order valence-electron chi connectivity index (χ1n) is 11.9. The van der Waals surface area contributed by atoms with Gasteiger partial charge in [0.05, 0.1) is 12.0 Å². The van der Waals surface area contributed by atoms with Gasteiger partial charge < -0.3 is 20.6 Å². The normalized spacial score (nSPS) is 19.6. The van der Waals surface area contributed by atoms with E-state index in [1.54, 1.807) is 0 Å². The standard InChI is InChI=1S/C27H33N5O2/c1-32(2)24(15-19-7-9-20(10-8-19)16-25(33)34)27(13-14-27)31-26(29-18-28)30-23-12-11-21-5-3-4-6-22(21)17-23/h3-10,23-24H,11-17H2,1-2H3,(H,33,34)(H2,29,30,31)/t23-,24-/m0/s1. The Balaban J connectivity index is 1.44. The highest BCUT2D eigenvalue weighted by molar-refractivity contribution is 5.82. The van der Waals surface area contributed by atoms with E-state index in [1.165, 1.54) is 11.1 Å². The molecule has 0 amide bonds. The smallest absolute Gasteiger partial charge is 0.307 e. The summed E-state index contributed by atoms with van der Waals surface area (Å²) in [7, 11) is 4.16. The number of hydrogen-bond donors (Lipinski definition) is 3. The SMILES string of the molecule is CN(C)[C@@H](Cc1ccc(CC(=O)O)cc1)C1(NC(=NC#N)N[C@H]2CCc3ccccc3C2)CC1. The third-order valence-electron chi connectivity index (χ3n) is 7.07. The Hall–Kier alpha value is -3.37. The van der Waals surface area contributed by atoms with Gasteiger partial charge in [0.1, 0.15) is 0 Å². The van der Waals surface area contributed by atoms with Gasteiger partial charge in [0.2, 0.25) is 12.2 Å². The largest absolute Gasteiger partial charge is 0.481 e. The van der Waals surface area contributed by atoms with E-state index >= 15 is 0 Å². The molecule has 0 saturated heterocycles. The van der Waals surface area contributed by atoms with Crippen molar-refractivity contribution >= 4 is 11.9 Å². The molecule has 0 unspecified atom stereocenters. The Labute approximate surface area is 201 Å². The van der Waals surface area contributed by atoms with Crippen molar-refractivity contribution in [2.45, 2.75) is 62.6 Å². The van der Waals surface area contributed by atoms with Gasteiger partial charge in [-0.05, 0) is 74.9 Å². The molecule has 0 aromatic heterocycles. The van der Waals surface area contributed by atoms with Crippen LogP contribution in [0.1, 0.15) is 41.5 Å². The Bertz CT molecular complexity index is 1080. The molecule has 2 aliphatic carbocycles. The fraction of sp³-hybridized carbons (Fsp3) is 0.444. The molecule has 0 radical (unpaired) electrons. The van der Waals surface area contributed by atoms with E-state index in [2.05, 4.69) is 58.9 Å². The van der Waals surface area contributed by atoms with Crippen molar-refractivity contribution < 1.29 is 9.90 Å². The molecule has 1 saturated carbocycles. The minimum atomic E-state index is -0.821. The number of guanidine groups is 1. The van der Waals surface area contributed by atoms with E-state index < -0.39 is 5.97 Å². The lowest BCUT2D eigenvalue weighted by molar-refractivity contribution is -0.136. The number of aliphatic imine (C=N–C) groups is 1. The van der Waals surface area contributed by atoms with Gasteiger partial charge in [-0.15, -0.1) is 4.99 Å². The number of likely N-dealkylation sites (N-methyl/N-ethyl adjacent to an activating group) is 1. The maximum atomic E-state index is 11.0. The van der Waals surface area contributed by atoms with E-state index in [-0.39, 0.29) is 24.0 Å². The molecule has 0 heterocycles. The van der Waals surface area contributed by atoms with Crippen molar-refractivity contribution in [3.05, 3.63) is 70.8 Å². The zero-order valence-corrected chi connectivity index (χ0v) is 19.9. The fourth-order valence-corrected chi connectivity index (χ4v) is 5.14. The van der Waals surface area contributed by atoms with Crippen LogP contribution in [-0.4, -0.2) is 53.7 Å². The van der Waals surface area contributed by atoms with Crippen LogP contribution in [0.5, 0.6) is 0 Å². The highest BCUT2D eigenvalue weighted by Crippen LogP contribution is 2.41. The lowest BCUT2D eigenvalue weighted by atomic mass is 9.88. The van der Waals surface area contributed by atoms with Gasteiger partial charge in [-0.1, -0.05) is 48.5 Å². The van der Waals surface area contributed by atoms with Crippen molar-refractivity contribution in [1.82, 2.24) is 15.5 Å². The monoisotopic (exact) mass is 459 g/mol. The third kappa shape index (κ3) is 5.75. The second kappa shape index (κ2) is 10.3.